The zero-order valence-corrected chi connectivity index (χ0v) is 12.5. The number of nitrogens with one attached hydrogen (secondary N) is 1. The molecule has 3 nitrogen and oxygen atoms in total. The quantitative estimate of drug-likeness (QED) is 0.872. The average Bonchev–Trinajstić information content (AvgIpc) is 2.54. The highest BCUT2D eigenvalue weighted by Crippen LogP contribution is 2.31. The standard InChI is InChI=1S/C18H21N3/c1-12-16-11-19-9-8-17(16)21-18(20-12)15-7-6-13-4-2-3-5-14(13)10-15/h2-5,15,19H,6-11H2,1H3. The molecule has 0 bridgehead atoms. The highest BCUT2D eigenvalue weighted by atomic mass is 15.0. The Labute approximate surface area is 125 Å². The normalized spacial score (nSPS) is 20.7. The molecule has 1 aliphatic carbocycles. The van der Waals surface area contributed by atoms with E-state index in [1.54, 1.807) is 0 Å². The molecule has 2 aromatic rings. The third-order valence-electron chi connectivity index (χ3n) is 4.87. The maximum absolute atomic E-state index is 4.92. The van der Waals surface area contributed by atoms with Crippen molar-refractivity contribution in [2.45, 2.75) is 45.1 Å². The molecule has 108 valence electrons. The summed E-state index contributed by atoms with van der Waals surface area (Å²) in [6.45, 7) is 4.10. The molecule has 1 aliphatic heterocycles. The number of aryl methyl sites for hydroxylation is 2. The average molecular weight is 279 g/mol. The van der Waals surface area contributed by atoms with Crippen LogP contribution in [0.4, 0.5) is 0 Å². The Kier molecular flexibility index (Phi) is 3.23. The Morgan fingerprint density at radius 3 is 2.86 bits per heavy atom. The lowest BCUT2D eigenvalue weighted by molar-refractivity contribution is 0.539. The molecule has 0 saturated heterocycles. The number of nitrogens with zero attached hydrogens (tertiary/aromatic N) is 2. The second-order valence-electron chi connectivity index (χ2n) is 6.23. The Morgan fingerprint density at radius 2 is 1.95 bits per heavy atom. The molecule has 1 aromatic carbocycles. The molecule has 1 atom stereocenters. The molecule has 2 aliphatic rings. The highest BCUT2D eigenvalue weighted by Gasteiger charge is 2.24. The van der Waals surface area contributed by atoms with E-state index < -0.39 is 0 Å². The predicted molar refractivity (Wildman–Crippen MR) is 83.4 cm³/mol. The maximum atomic E-state index is 4.92. The summed E-state index contributed by atoms with van der Waals surface area (Å²) in [6.07, 6.45) is 4.46. The summed E-state index contributed by atoms with van der Waals surface area (Å²) in [5.74, 6) is 1.56. The summed E-state index contributed by atoms with van der Waals surface area (Å²) < 4.78 is 0. The van der Waals surface area contributed by atoms with E-state index in [4.69, 9.17) is 9.97 Å². The molecule has 0 radical (unpaired) electrons. The molecule has 4 rings (SSSR count). The summed E-state index contributed by atoms with van der Waals surface area (Å²) in [7, 11) is 0. The van der Waals surface area contributed by atoms with Crippen LogP contribution in [0, 0.1) is 6.92 Å². The molecular weight excluding hydrogens is 258 g/mol. The number of rotatable bonds is 1. The second kappa shape index (κ2) is 5.23. The molecule has 0 amide bonds. The fraction of sp³-hybridized carbons (Fsp3) is 0.444. The summed E-state index contributed by atoms with van der Waals surface area (Å²) in [4.78, 5) is 9.75. The summed E-state index contributed by atoms with van der Waals surface area (Å²) in [6, 6.07) is 8.81. The Balaban J connectivity index is 1.67. The van der Waals surface area contributed by atoms with Gasteiger partial charge in [-0.05, 0) is 37.3 Å². The molecule has 3 heteroatoms. The largest absolute Gasteiger partial charge is 0.312 e. The predicted octanol–water partition coefficient (Wildman–Crippen LogP) is 2.70. The minimum absolute atomic E-state index is 0.485. The van der Waals surface area contributed by atoms with Gasteiger partial charge >= 0.3 is 0 Å². The van der Waals surface area contributed by atoms with Crippen LogP contribution in [0.25, 0.3) is 0 Å². The van der Waals surface area contributed by atoms with Crippen molar-refractivity contribution in [2.75, 3.05) is 6.54 Å². The van der Waals surface area contributed by atoms with E-state index in [-0.39, 0.29) is 0 Å². The SMILES string of the molecule is Cc1nc(C2CCc3ccccc3C2)nc2c1CNCC2. The van der Waals surface area contributed by atoms with Gasteiger partial charge in [-0.1, -0.05) is 24.3 Å². The molecular formula is C18H21N3. The zero-order chi connectivity index (χ0) is 14.2. The number of benzene rings is 1. The molecule has 0 saturated carbocycles. The third-order valence-corrected chi connectivity index (χ3v) is 4.87. The van der Waals surface area contributed by atoms with Crippen LogP contribution >= 0.6 is 0 Å². The van der Waals surface area contributed by atoms with Gasteiger partial charge in [-0.2, -0.15) is 0 Å². The second-order valence-corrected chi connectivity index (χ2v) is 6.23. The molecule has 2 heterocycles. The van der Waals surface area contributed by atoms with Crippen molar-refractivity contribution in [2.24, 2.45) is 0 Å². The van der Waals surface area contributed by atoms with Crippen molar-refractivity contribution < 1.29 is 0 Å². The third kappa shape index (κ3) is 2.36. The topological polar surface area (TPSA) is 37.8 Å². The van der Waals surface area contributed by atoms with Crippen molar-refractivity contribution in [3.63, 3.8) is 0 Å². The molecule has 1 aromatic heterocycles. The van der Waals surface area contributed by atoms with Crippen molar-refractivity contribution in [1.29, 1.82) is 0 Å². The van der Waals surface area contributed by atoms with Gasteiger partial charge in [0, 0.05) is 36.7 Å². The highest BCUT2D eigenvalue weighted by molar-refractivity contribution is 5.33. The van der Waals surface area contributed by atoms with Crippen molar-refractivity contribution in [3.05, 3.63) is 58.2 Å². The first-order valence-corrected chi connectivity index (χ1v) is 7.95. The fourth-order valence-electron chi connectivity index (χ4n) is 3.64. The Hall–Kier alpha value is -1.74. The fourth-order valence-corrected chi connectivity index (χ4v) is 3.64. The lowest BCUT2D eigenvalue weighted by Crippen LogP contribution is -2.27. The minimum Gasteiger partial charge on any atom is -0.312 e. The Bertz CT molecular complexity index is 678. The van der Waals surface area contributed by atoms with E-state index in [0.717, 1.165) is 38.2 Å². The maximum Gasteiger partial charge on any atom is 0.132 e. The van der Waals surface area contributed by atoms with Crippen molar-refractivity contribution >= 4 is 0 Å². The molecule has 1 unspecified atom stereocenters. The van der Waals surface area contributed by atoms with Gasteiger partial charge in [0.2, 0.25) is 0 Å². The summed E-state index contributed by atoms with van der Waals surface area (Å²) in [5.41, 5.74) is 6.75. The van der Waals surface area contributed by atoms with Crippen LogP contribution in [-0.2, 0) is 25.8 Å². The van der Waals surface area contributed by atoms with Crippen molar-refractivity contribution in [1.82, 2.24) is 15.3 Å². The number of hydrogen-bond donors (Lipinski definition) is 1. The zero-order valence-electron chi connectivity index (χ0n) is 12.5. The van der Waals surface area contributed by atoms with Gasteiger partial charge in [0.15, 0.2) is 0 Å². The molecule has 21 heavy (non-hydrogen) atoms. The Morgan fingerprint density at radius 1 is 1.10 bits per heavy atom. The van der Waals surface area contributed by atoms with E-state index in [1.807, 2.05) is 0 Å². The van der Waals surface area contributed by atoms with E-state index in [9.17, 15) is 0 Å². The van der Waals surface area contributed by atoms with Crippen LogP contribution in [0.3, 0.4) is 0 Å². The first kappa shape index (κ1) is 13.0. The molecule has 0 spiro atoms. The smallest absolute Gasteiger partial charge is 0.132 e. The van der Waals surface area contributed by atoms with Crippen LogP contribution in [0.15, 0.2) is 24.3 Å². The van der Waals surface area contributed by atoms with Gasteiger partial charge in [-0.3, -0.25) is 0 Å². The van der Waals surface area contributed by atoms with Gasteiger partial charge in [0.1, 0.15) is 5.82 Å². The number of fused-ring (bicyclic) bond motifs is 2. The number of hydrogen-bond acceptors (Lipinski definition) is 3. The van der Waals surface area contributed by atoms with Crippen LogP contribution in [0.2, 0.25) is 0 Å². The van der Waals surface area contributed by atoms with Crippen LogP contribution in [0.5, 0.6) is 0 Å². The summed E-state index contributed by atoms with van der Waals surface area (Å²) >= 11 is 0. The first-order chi connectivity index (χ1) is 10.3. The van der Waals surface area contributed by atoms with Gasteiger partial charge in [0.05, 0.1) is 5.69 Å². The van der Waals surface area contributed by atoms with E-state index in [1.165, 1.54) is 34.5 Å². The van der Waals surface area contributed by atoms with E-state index >= 15 is 0 Å². The van der Waals surface area contributed by atoms with E-state index in [2.05, 4.69) is 36.5 Å². The van der Waals surface area contributed by atoms with Gasteiger partial charge in [0.25, 0.3) is 0 Å². The van der Waals surface area contributed by atoms with Crippen LogP contribution < -0.4 is 5.32 Å². The van der Waals surface area contributed by atoms with E-state index in [0.29, 0.717) is 5.92 Å². The molecule has 1 N–H and O–H groups in total. The summed E-state index contributed by atoms with van der Waals surface area (Å²) in [5, 5.41) is 3.41. The monoisotopic (exact) mass is 279 g/mol. The van der Waals surface area contributed by atoms with Crippen LogP contribution in [-0.4, -0.2) is 16.5 Å². The van der Waals surface area contributed by atoms with Gasteiger partial charge in [-0.15, -0.1) is 0 Å². The lowest BCUT2D eigenvalue weighted by Gasteiger charge is -2.26. The van der Waals surface area contributed by atoms with Gasteiger partial charge in [-0.25, -0.2) is 9.97 Å². The number of aromatic nitrogens is 2. The minimum atomic E-state index is 0.485. The van der Waals surface area contributed by atoms with Crippen LogP contribution in [0.1, 0.15) is 46.2 Å². The van der Waals surface area contributed by atoms with Crippen molar-refractivity contribution in [3.8, 4) is 0 Å². The molecule has 0 fully saturated rings. The first-order valence-electron chi connectivity index (χ1n) is 7.95. The van der Waals surface area contributed by atoms with Gasteiger partial charge < -0.3 is 5.32 Å². The lowest BCUT2D eigenvalue weighted by atomic mass is 9.83.